The van der Waals surface area contributed by atoms with Crippen molar-refractivity contribution in [1.29, 1.82) is 0 Å². The molecule has 0 radical (unpaired) electrons. The van der Waals surface area contributed by atoms with E-state index in [-0.39, 0.29) is 0 Å². The Morgan fingerprint density at radius 2 is 1.73 bits per heavy atom. The van der Waals surface area contributed by atoms with Crippen LogP contribution in [0.25, 0.3) is 11.4 Å². The van der Waals surface area contributed by atoms with Crippen molar-refractivity contribution in [3.05, 3.63) is 30.0 Å². The van der Waals surface area contributed by atoms with E-state index >= 15 is 0 Å². The lowest BCUT2D eigenvalue weighted by Crippen LogP contribution is -1.90. The lowest BCUT2D eigenvalue weighted by molar-refractivity contribution is 1.16. The van der Waals surface area contributed by atoms with Crippen molar-refractivity contribution in [3.63, 3.8) is 0 Å². The Bertz CT molecular complexity index is 492. The van der Waals surface area contributed by atoms with Crippen LogP contribution in [0.2, 0.25) is 10.3 Å². The number of hydrogen-bond donors (Lipinski definition) is 0. The van der Waals surface area contributed by atoms with E-state index in [4.69, 9.17) is 23.2 Å². The molecule has 78 valence electrons. The van der Waals surface area contributed by atoms with Gasteiger partial charge in [0.1, 0.15) is 10.3 Å². The highest BCUT2D eigenvalue weighted by Crippen LogP contribution is 2.32. The largest absolute Gasteiger partial charge is 0.215 e. The summed E-state index contributed by atoms with van der Waals surface area (Å²) >= 11 is 19.9. The van der Waals surface area contributed by atoms with Crippen LogP contribution in [0.1, 0.15) is 0 Å². The van der Waals surface area contributed by atoms with Gasteiger partial charge in [0.05, 0.1) is 8.26 Å². The summed E-state index contributed by atoms with van der Waals surface area (Å²) < 4.78 is 1.53. The average Bonchev–Trinajstić information content (AvgIpc) is 2.60. The van der Waals surface area contributed by atoms with Crippen LogP contribution >= 0.6 is 66.4 Å². The third-order valence-electron chi connectivity index (χ3n) is 1.60. The predicted octanol–water partition coefficient (Wildman–Crippen LogP) is 5.04. The number of nitrogens with zero attached hydrogens (tertiary/aromatic N) is 2. The SMILES string of the molecule is Clc1nc(-c2csc(Br)c2)nc(Cl)c1Br. The molecular weight excluding hydrogens is 387 g/mol. The molecule has 0 unspecified atom stereocenters. The maximum atomic E-state index is 5.89. The molecule has 0 bridgehead atoms. The highest BCUT2D eigenvalue weighted by Gasteiger charge is 2.11. The van der Waals surface area contributed by atoms with Gasteiger partial charge in [0, 0.05) is 10.9 Å². The molecule has 2 rings (SSSR count). The molecule has 0 atom stereocenters. The van der Waals surface area contributed by atoms with Gasteiger partial charge in [-0.2, -0.15) is 0 Å². The van der Waals surface area contributed by atoms with Crippen LogP contribution < -0.4 is 0 Å². The Balaban J connectivity index is 2.55. The predicted molar refractivity (Wildman–Crippen MR) is 70.8 cm³/mol. The monoisotopic (exact) mass is 386 g/mol. The minimum absolute atomic E-state index is 0.312. The van der Waals surface area contributed by atoms with Crippen LogP contribution in [0.4, 0.5) is 0 Å². The minimum atomic E-state index is 0.312. The second-order valence-electron chi connectivity index (χ2n) is 2.58. The number of thiophene rings is 1. The highest BCUT2D eigenvalue weighted by atomic mass is 79.9. The molecule has 0 spiro atoms. The maximum absolute atomic E-state index is 5.89. The van der Waals surface area contributed by atoms with E-state index in [0.717, 1.165) is 9.35 Å². The molecule has 0 aliphatic carbocycles. The van der Waals surface area contributed by atoms with Crippen LogP contribution in [-0.2, 0) is 0 Å². The van der Waals surface area contributed by atoms with Gasteiger partial charge in [-0.15, -0.1) is 11.3 Å². The Hall–Kier alpha value is 0.320. The zero-order chi connectivity index (χ0) is 11.0. The van der Waals surface area contributed by atoms with Gasteiger partial charge >= 0.3 is 0 Å². The minimum Gasteiger partial charge on any atom is -0.215 e. The van der Waals surface area contributed by atoms with Crippen LogP contribution in [0.3, 0.4) is 0 Å². The fourth-order valence-electron chi connectivity index (χ4n) is 0.951. The van der Waals surface area contributed by atoms with Crippen molar-refractivity contribution >= 4 is 66.4 Å². The van der Waals surface area contributed by atoms with Crippen LogP contribution in [0.5, 0.6) is 0 Å². The molecule has 0 fully saturated rings. The number of rotatable bonds is 1. The topological polar surface area (TPSA) is 25.8 Å². The summed E-state index contributed by atoms with van der Waals surface area (Å²) in [6.07, 6.45) is 0. The second-order valence-corrected chi connectivity index (χ2v) is 6.38. The van der Waals surface area contributed by atoms with Crippen molar-refractivity contribution in [2.45, 2.75) is 0 Å². The van der Waals surface area contributed by atoms with Gasteiger partial charge in [-0.3, -0.25) is 0 Å². The lowest BCUT2D eigenvalue weighted by atomic mass is 10.3. The van der Waals surface area contributed by atoms with E-state index in [0.29, 0.717) is 20.6 Å². The zero-order valence-electron chi connectivity index (χ0n) is 6.97. The van der Waals surface area contributed by atoms with Gasteiger partial charge in [-0.25, -0.2) is 9.97 Å². The summed E-state index contributed by atoms with van der Waals surface area (Å²) in [6, 6.07) is 1.92. The Morgan fingerprint density at radius 3 is 2.20 bits per heavy atom. The molecule has 2 nitrogen and oxygen atoms in total. The standard InChI is InChI=1S/C8H2Br2Cl2N2S/c9-4-1-3(2-15-4)8-13-6(11)5(10)7(12)14-8/h1-2H. The Morgan fingerprint density at radius 1 is 1.13 bits per heavy atom. The van der Waals surface area contributed by atoms with Crippen molar-refractivity contribution in [3.8, 4) is 11.4 Å². The summed E-state index contributed by atoms with van der Waals surface area (Å²) in [7, 11) is 0. The Labute approximate surface area is 117 Å². The molecule has 7 heteroatoms. The van der Waals surface area contributed by atoms with Gasteiger partial charge in [0.2, 0.25) is 0 Å². The lowest BCUT2D eigenvalue weighted by Gasteiger charge is -2.01. The molecule has 0 saturated heterocycles. The molecule has 2 aromatic heterocycles. The van der Waals surface area contributed by atoms with Crippen LogP contribution in [0.15, 0.2) is 19.7 Å². The molecule has 0 saturated carbocycles. The molecule has 0 aliphatic heterocycles. The second kappa shape index (κ2) is 4.67. The fourth-order valence-corrected chi connectivity index (χ4v) is 2.65. The van der Waals surface area contributed by atoms with E-state index < -0.39 is 0 Å². The smallest absolute Gasteiger partial charge is 0.163 e. The first-order valence-electron chi connectivity index (χ1n) is 3.71. The van der Waals surface area contributed by atoms with E-state index in [2.05, 4.69) is 41.8 Å². The first kappa shape index (κ1) is 11.8. The van der Waals surface area contributed by atoms with E-state index in [1.165, 1.54) is 0 Å². The summed E-state index contributed by atoms with van der Waals surface area (Å²) in [5.41, 5.74) is 0.892. The summed E-state index contributed by atoms with van der Waals surface area (Å²) in [4.78, 5) is 8.25. The summed E-state index contributed by atoms with van der Waals surface area (Å²) in [6.45, 7) is 0. The zero-order valence-corrected chi connectivity index (χ0v) is 12.5. The van der Waals surface area contributed by atoms with Gasteiger partial charge in [-0.05, 0) is 37.9 Å². The van der Waals surface area contributed by atoms with Crippen molar-refractivity contribution in [2.75, 3.05) is 0 Å². The van der Waals surface area contributed by atoms with Crippen molar-refractivity contribution < 1.29 is 0 Å². The first-order chi connectivity index (χ1) is 7.08. The van der Waals surface area contributed by atoms with Gasteiger partial charge in [0.15, 0.2) is 5.82 Å². The van der Waals surface area contributed by atoms with Crippen molar-refractivity contribution in [1.82, 2.24) is 9.97 Å². The summed E-state index contributed by atoms with van der Waals surface area (Å²) in [5, 5.41) is 2.56. The third-order valence-corrected chi connectivity index (χ3v) is 4.86. The molecular formula is C8H2Br2Cl2N2S. The number of halogens is 4. The molecule has 2 heterocycles. The quantitative estimate of drug-likeness (QED) is 0.640. The number of aromatic nitrogens is 2. The molecule has 15 heavy (non-hydrogen) atoms. The van der Waals surface area contributed by atoms with E-state index in [1.54, 1.807) is 11.3 Å². The molecule has 0 N–H and O–H groups in total. The highest BCUT2D eigenvalue weighted by molar-refractivity contribution is 9.11. The fraction of sp³-hybridized carbons (Fsp3) is 0. The normalized spacial score (nSPS) is 10.7. The third kappa shape index (κ3) is 2.53. The van der Waals surface area contributed by atoms with Crippen molar-refractivity contribution in [2.24, 2.45) is 0 Å². The molecule has 0 aliphatic rings. The average molecular weight is 389 g/mol. The van der Waals surface area contributed by atoms with Gasteiger partial charge in [0.25, 0.3) is 0 Å². The van der Waals surface area contributed by atoms with E-state index in [1.807, 2.05) is 11.4 Å². The molecule has 0 amide bonds. The van der Waals surface area contributed by atoms with Gasteiger partial charge < -0.3 is 0 Å². The number of hydrogen-bond acceptors (Lipinski definition) is 3. The molecule has 2 aromatic rings. The Kier molecular flexibility index (Phi) is 3.67. The maximum Gasteiger partial charge on any atom is 0.163 e. The van der Waals surface area contributed by atoms with Crippen LogP contribution in [-0.4, -0.2) is 9.97 Å². The molecule has 0 aromatic carbocycles. The van der Waals surface area contributed by atoms with Gasteiger partial charge in [-0.1, -0.05) is 23.2 Å². The van der Waals surface area contributed by atoms with E-state index in [9.17, 15) is 0 Å². The van der Waals surface area contributed by atoms with Crippen LogP contribution in [0, 0.1) is 0 Å². The summed E-state index contributed by atoms with van der Waals surface area (Å²) in [5.74, 6) is 0.523. The first-order valence-corrected chi connectivity index (χ1v) is 6.93.